The van der Waals surface area contributed by atoms with Crippen LogP contribution in [0.5, 0.6) is 11.5 Å². The van der Waals surface area contributed by atoms with E-state index in [1.807, 2.05) is 50.2 Å². The molecular formula is C22H23NO5. The summed E-state index contributed by atoms with van der Waals surface area (Å²) in [5, 5.41) is 0. The molecule has 1 heterocycles. The van der Waals surface area contributed by atoms with Crippen LogP contribution < -0.4 is 14.4 Å². The molecule has 6 nitrogen and oxygen atoms in total. The summed E-state index contributed by atoms with van der Waals surface area (Å²) in [6.45, 7) is 3.65. The third kappa shape index (κ3) is 4.17. The summed E-state index contributed by atoms with van der Waals surface area (Å²) in [6, 6.07) is 11.2. The normalized spacial score (nSPS) is 13.9. The number of aryl methyl sites for hydroxylation is 1. The van der Waals surface area contributed by atoms with Gasteiger partial charge >= 0.3 is 5.97 Å². The maximum atomic E-state index is 12.7. The summed E-state index contributed by atoms with van der Waals surface area (Å²) in [5.74, 6) is 0.535. The van der Waals surface area contributed by atoms with Crippen molar-refractivity contribution in [1.29, 1.82) is 0 Å². The Morgan fingerprint density at radius 2 is 1.89 bits per heavy atom. The van der Waals surface area contributed by atoms with Crippen LogP contribution >= 0.6 is 0 Å². The Morgan fingerprint density at radius 3 is 2.54 bits per heavy atom. The smallest absolute Gasteiger partial charge is 0.344 e. The van der Waals surface area contributed by atoms with Crippen molar-refractivity contribution < 1.29 is 23.8 Å². The molecule has 0 fully saturated rings. The van der Waals surface area contributed by atoms with Gasteiger partial charge in [0.1, 0.15) is 11.5 Å². The molecule has 6 heteroatoms. The number of carbonyl (C=O) groups excluding carboxylic acids is 2. The predicted molar refractivity (Wildman–Crippen MR) is 107 cm³/mol. The van der Waals surface area contributed by atoms with E-state index in [1.165, 1.54) is 0 Å². The monoisotopic (exact) mass is 381 g/mol. The lowest BCUT2D eigenvalue weighted by atomic mass is 10.0. The van der Waals surface area contributed by atoms with E-state index in [0.717, 1.165) is 16.8 Å². The van der Waals surface area contributed by atoms with E-state index in [2.05, 4.69) is 0 Å². The quantitative estimate of drug-likeness (QED) is 0.563. The maximum absolute atomic E-state index is 12.7. The molecule has 0 bridgehead atoms. The molecule has 1 aliphatic rings. The minimum atomic E-state index is -0.445. The van der Waals surface area contributed by atoms with Crippen molar-refractivity contribution in [3.8, 4) is 11.5 Å². The first-order valence-electron chi connectivity index (χ1n) is 9.03. The van der Waals surface area contributed by atoms with Crippen LogP contribution in [0.15, 0.2) is 42.2 Å². The molecule has 0 saturated carbocycles. The molecular weight excluding hydrogens is 358 g/mol. The first-order chi connectivity index (χ1) is 13.4. The van der Waals surface area contributed by atoms with E-state index in [1.54, 1.807) is 25.1 Å². The van der Waals surface area contributed by atoms with Gasteiger partial charge in [-0.25, -0.2) is 4.79 Å². The van der Waals surface area contributed by atoms with Crippen molar-refractivity contribution in [2.45, 2.75) is 13.8 Å². The van der Waals surface area contributed by atoms with Crippen LogP contribution in [0.25, 0.3) is 6.08 Å². The van der Waals surface area contributed by atoms with Gasteiger partial charge in [-0.3, -0.25) is 4.79 Å². The Labute approximate surface area is 164 Å². The van der Waals surface area contributed by atoms with E-state index in [0.29, 0.717) is 23.7 Å². The third-order valence-electron chi connectivity index (χ3n) is 4.31. The van der Waals surface area contributed by atoms with Crippen LogP contribution in [-0.4, -0.2) is 39.1 Å². The summed E-state index contributed by atoms with van der Waals surface area (Å²) in [5.41, 5.74) is 3.19. The van der Waals surface area contributed by atoms with Crippen molar-refractivity contribution in [2.75, 3.05) is 32.2 Å². The molecule has 2 aromatic rings. The Hall–Kier alpha value is -3.28. The van der Waals surface area contributed by atoms with Crippen molar-refractivity contribution in [3.05, 3.63) is 58.8 Å². The topological polar surface area (TPSA) is 65.1 Å². The fraction of sp³-hybridized carbons (Fsp3) is 0.273. The van der Waals surface area contributed by atoms with Crippen LogP contribution in [0.3, 0.4) is 0 Å². The van der Waals surface area contributed by atoms with Gasteiger partial charge in [0, 0.05) is 25.8 Å². The molecule has 0 spiro atoms. The van der Waals surface area contributed by atoms with Gasteiger partial charge in [0.15, 0.2) is 12.4 Å². The van der Waals surface area contributed by atoms with E-state index in [4.69, 9.17) is 14.2 Å². The van der Waals surface area contributed by atoms with Gasteiger partial charge in [0.25, 0.3) is 0 Å². The number of allylic oxidation sites excluding steroid dienone is 1. The van der Waals surface area contributed by atoms with Gasteiger partial charge in [-0.1, -0.05) is 12.1 Å². The number of esters is 1. The number of ketones is 1. The highest BCUT2D eigenvalue weighted by Crippen LogP contribution is 2.37. The van der Waals surface area contributed by atoms with Crippen molar-refractivity contribution >= 4 is 23.5 Å². The van der Waals surface area contributed by atoms with Gasteiger partial charge in [0.05, 0.1) is 12.2 Å². The fourth-order valence-electron chi connectivity index (χ4n) is 2.93. The number of Topliss-reactive ketones (excluding diaryl/α,β-unsaturated/α-hetero) is 1. The predicted octanol–water partition coefficient (Wildman–Crippen LogP) is 3.62. The Morgan fingerprint density at radius 1 is 1.18 bits per heavy atom. The second-order valence-electron chi connectivity index (χ2n) is 6.63. The van der Waals surface area contributed by atoms with Crippen LogP contribution in [0, 0.1) is 6.92 Å². The lowest BCUT2D eigenvalue weighted by Gasteiger charge is -2.11. The van der Waals surface area contributed by atoms with Gasteiger partial charge in [-0.05, 0) is 49.2 Å². The third-order valence-corrected chi connectivity index (χ3v) is 4.31. The highest BCUT2D eigenvalue weighted by Gasteiger charge is 2.30. The minimum Gasteiger partial charge on any atom is -0.482 e. The first-order valence-corrected chi connectivity index (χ1v) is 9.03. The van der Waals surface area contributed by atoms with Gasteiger partial charge in [0.2, 0.25) is 5.78 Å². The van der Waals surface area contributed by atoms with E-state index >= 15 is 0 Å². The number of rotatable bonds is 6. The van der Waals surface area contributed by atoms with Gasteiger partial charge in [-0.15, -0.1) is 0 Å². The Bertz CT molecular complexity index is 929. The molecule has 0 aromatic heterocycles. The lowest BCUT2D eigenvalue weighted by Crippen LogP contribution is -2.14. The molecule has 28 heavy (non-hydrogen) atoms. The Kier molecular flexibility index (Phi) is 5.68. The van der Waals surface area contributed by atoms with E-state index in [-0.39, 0.29) is 18.1 Å². The zero-order valence-corrected chi connectivity index (χ0v) is 16.4. The molecule has 0 unspecified atom stereocenters. The van der Waals surface area contributed by atoms with E-state index in [9.17, 15) is 9.59 Å². The summed E-state index contributed by atoms with van der Waals surface area (Å²) < 4.78 is 16.1. The molecule has 3 rings (SSSR count). The van der Waals surface area contributed by atoms with Crippen molar-refractivity contribution in [1.82, 2.24) is 0 Å². The first kappa shape index (κ1) is 19.5. The standard InChI is InChI=1S/C22H23NO5/c1-5-26-20(24)13-27-17-10-14(2)21-18(12-17)28-19(22(21)25)11-15-6-8-16(9-7-15)23(3)4/h6-12H,5,13H2,1-4H3/b19-11-. The van der Waals surface area contributed by atoms with Crippen molar-refractivity contribution in [2.24, 2.45) is 0 Å². The Balaban J connectivity index is 1.79. The minimum absolute atomic E-state index is 0.166. The van der Waals surface area contributed by atoms with Crippen LogP contribution in [0.2, 0.25) is 0 Å². The van der Waals surface area contributed by atoms with Gasteiger partial charge < -0.3 is 19.1 Å². The van der Waals surface area contributed by atoms with Crippen LogP contribution in [-0.2, 0) is 9.53 Å². The second kappa shape index (κ2) is 8.17. The maximum Gasteiger partial charge on any atom is 0.344 e. The molecule has 1 aliphatic heterocycles. The van der Waals surface area contributed by atoms with Gasteiger partial charge in [-0.2, -0.15) is 0 Å². The molecule has 0 radical (unpaired) electrons. The largest absolute Gasteiger partial charge is 0.482 e. The number of hydrogen-bond donors (Lipinski definition) is 0. The molecule has 0 atom stereocenters. The highest BCUT2D eigenvalue weighted by atomic mass is 16.6. The zero-order chi connectivity index (χ0) is 20.3. The number of ether oxygens (including phenoxy) is 3. The highest BCUT2D eigenvalue weighted by molar-refractivity contribution is 6.15. The number of nitrogens with zero attached hydrogens (tertiary/aromatic N) is 1. The number of anilines is 1. The molecule has 2 aromatic carbocycles. The number of hydrogen-bond acceptors (Lipinski definition) is 6. The SMILES string of the molecule is CCOC(=O)COc1cc(C)c2c(c1)O/C(=C\c1ccc(N(C)C)cc1)C2=O. The number of fused-ring (bicyclic) bond motifs is 1. The average molecular weight is 381 g/mol. The summed E-state index contributed by atoms with van der Waals surface area (Å²) in [4.78, 5) is 26.2. The van der Waals surface area contributed by atoms with E-state index < -0.39 is 5.97 Å². The summed E-state index contributed by atoms with van der Waals surface area (Å²) in [7, 11) is 3.94. The summed E-state index contributed by atoms with van der Waals surface area (Å²) in [6.07, 6.45) is 1.72. The molecule has 0 aliphatic carbocycles. The number of benzene rings is 2. The summed E-state index contributed by atoms with van der Waals surface area (Å²) >= 11 is 0. The average Bonchev–Trinajstić information content (AvgIpc) is 2.96. The van der Waals surface area contributed by atoms with Crippen LogP contribution in [0.4, 0.5) is 5.69 Å². The lowest BCUT2D eigenvalue weighted by molar-refractivity contribution is -0.145. The van der Waals surface area contributed by atoms with Crippen LogP contribution in [0.1, 0.15) is 28.4 Å². The second-order valence-corrected chi connectivity index (χ2v) is 6.63. The molecule has 146 valence electrons. The molecule has 0 saturated heterocycles. The van der Waals surface area contributed by atoms with Crippen molar-refractivity contribution in [3.63, 3.8) is 0 Å². The number of carbonyl (C=O) groups is 2. The fourth-order valence-corrected chi connectivity index (χ4v) is 2.93. The zero-order valence-electron chi connectivity index (χ0n) is 16.4. The molecule has 0 N–H and O–H groups in total. The molecule has 0 amide bonds.